The van der Waals surface area contributed by atoms with Crippen LogP contribution >= 0.6 is 24.8 Å². The van der Waals surface area contributed by atoms with Gasteiger partial charge in [0, 0.05) is 5.56 Å². The van der Waals surface area contributed by atoms with E-state index in [0.717, 1.165) is 0 Å². The van der Waals surface area contributed by atoms with Gasteiger partial charge in [0.25, 0.3) is 5.91 Å². The lowest BCUT2D eigenvalue weighted by molar-refractivity contribution is 0.0944. The average molecular weight is 230 g/mol. The highest BCUT2D eigenvalue weighted by Crippen LogP contribution is 2.01. The molecule has 1 amide bonds. The predicted octanol–water partition coefficient (Wildman–Crippen LogP) is 1.27. The predicted molar refractivity (Wildman–Crippen MR) is 58.6 cm³/mol. The summed E-state index contributed by atoms with van der Waals surface area (Å²) < 4.78 is 12.6. The van der Waals surface area contributed by atoms with Crippen LogP contribution in [-0.4, -0.2) is 10.2 Å². The molecule has 0 aliphatic heterocycles. The number of carbonyl (C=O) groups excluding carboxylic acids is 1. The molecule has 74 valence electrons. The molecule has 0 unspecified atom stereocenters. The van der Waals surface area contributed by atoms with Gasteiger partial charge in [0.15, 0.2) is 0 Å². The molecule has 0 saturated carbocycles. The fraction of sp³-hybridized carbons (Fsp3) is 0. The van der Waals surface area contributed by atoms with E-state index in [1.165, 1.54) is 24.3 Å². The molecule has 14 heavy (non-hydrogen) atoms. The zero-order valence-electron chi connectivity index (χ0n) is 6.95. The minimum atomic E-state index is -0.401. The van der Waals surface area contributed by atoms with E-state index in [-0.39, 0.29) is 10.1 Å². The molecule has 1 rings (SSSR count). The minimum absolute atomic E-state index is 0.153. The van der Waals surface area contributed by atoms with Crippen molar-refractivity contribution in [3.05, 3.63) is 35.6 Å². The Kier molecular flexibility index (Phi) is 3.84. The normalized spacial score (nSPS) is 9.29. The van der Waals surface area contributed by atoms with Gasteiger partial charge >= 0.3 is 0 Å². The maximum atomic E-state index is 12.5. The van der Waals surface area contributed by atoms with E-state index in [1.54, 1.807) is 0 Å². The Hall–Kier alpha value is -1.14. The molecule has 1 aromatic carbocycles. The van der Waals surface area contributed by atoms with Crippen LogP contribution in [-0.2, 0) is 0 Å². The van der Waals surface area contributed by atoms with Crippen molar-refractivity contribution in [2.24, 2.45) is 0 Å². The molecule has 0 bridgehead atoms. The highest BCUT2D eigenvalue weighted by molar-refractivity contribution is 8.11. The molecule has 0 radical (unpaired) electrons. The van der Waals surface area contributed by atoms with Crippen LogP contribution in [0.15, 0.2) is 24.3 Å². The molecule has 0 heterocycles. The third-order valence-corrected chi connectivity index (χ3v) is 1.60. The summed E-state index contributed by atoms with van der Waals surface area (Å²) in [4.78, 5) is 11.3. The third kappa shape index (κ3) is 3.31. The summed E-state index contributed by atoms with van der Waals surface area (Å²) in [5.74, 6) is -0.791. The van der Waals surface area contributed by atoms with Crippen LogP contribution in [0.1, 0.15) is 10.4 Å². The molecule has 1 aromatic rings. The number of hydrogen-bond donors (Lipinski definition) is 3. The number of hydrogen-bond acceptors (Lipinski definition) is 2. The number of benzene rings is 1. The van der Waals surface area contributed by atoms with Crippen molar-refractivity contribution >= 4 is 35.1 Å². The van der Waals surface area contributed by atoms with Gasteiger partial charge in [0.1, 0.15) is 10.1 Å². The van der Waals surface area contributed by atoms with Crippen molar-refractivity contribution in [3.63, 3.8) is 0 Å². The number of rotatable bonds is 1. The highest BCUT2D eigenvalue weighted by atomic mass is 32.1. The number of carbonyl (C=O) groups is 1. The van der Waals surface area contributed by atoms with E-state index in [0.29, 0.717) is 5.56 Å². The second kappa shape index (κ2) is 4.92. The van der Waals surface area contributed by atoms with Crippen LogP contribution in [0.3, 0.4) is 0 Å². The molecule has 0 saturated heterocycles. The zero-order chi connectivity index (χ0) is 10.6. The van der Waals surface area contributed by atoms with Crippen molar-refractivity contribution in [2.45, 2.75) is 0 Å². The van der Waals surface area contributed by atoms with E-state index in [2.05, 4.69) is 35.7 Å². The first-order valence-corrected chi connectivity index (χ1v) is 4.50. The van der Waals surface area contributed by atoms with E-state index in [1.807, 2.05) is 0 Å². The Balaban J connectivity index is 2.61. The van der Waals surface area contributed by atoms with Gasteiger partial charge in [-0.3, -0.25) is 15.6 Å². The third-order valence-electron chi connectivity index (χ3n) is 1.39. The lowest BCUT2D eigenvalue weighted by Crippen LogP contribution is -2.38. The molecule has 2 N–H and O–H groups in total. The van der Waals surface area contributed by atoms with Crippen LogP contribution in [0.25, 0.3) is 0 Å². The molecule has 0 spiro atoms. The quantitative estimate of drug-likeness (QED) is 0.387. The summed E-state index contributed by atoms with van der Waals surface area (Å²) in [6.07, 6.45) is 0. The largest absolute Gasteiger partial charge is 0.283 e. The Morgan fingerprint density at radius 2 is 1.86 bits per heavy atom. The molecular weight excluding hydrogens is 223 g/mol. The SMILES string of the molecule is O=C(NNC(=S)S)c1ccc(F)cc1. The number of halogens is 1. The Morgan fingerprint density at radius 1 is 1.29 bits per heavy atom. The van der Waals surface area contributed by atoms with Crippen LogP contribution in [0, 0.1) is 5.82 Å². The summed E-state index contributed by atoms with van der Waals surface area (Å²) >= 11 is 8.31. The second-order valence-corrected chi connectivity index (χ2v) is 3.55. The Morgan fingerprint density at radius 3 is 2.36 bits per heavy atom. The van der Waals surface area contributed by atoms with Crippen molar-refractivity contribution in [3.8, 4) is 0 Å². The monoisotopic (exact) mass is 230 g/mol. The summed E-state index contributed by atoms with van der Waals surface area (Å²) in [5.41, 5.74) is 4.99. The van der Waals surface area contributed by atoms with Gasteiger partial charge in [-0.1, -0.05) is 12.2 Å². The summed E-state index contributed by atoms with van der Waals surface area (Å²) in [6.45, 7) is 0. The van der Waals surface area contributed by atoms with Gasteiger partial charge in [0.05, 0.1) is 0 Å². The van der Waals surface area contributed by atoms with Crippen LogP contribution < -0.4 is 10.9 Å². The fourth-order valence-corrected chi connectivity index (χ4v) is 0.891. The zero-order valence-corrected chi connectivity index (χ0v) is 8.66. The van der Waals surface area contributed by atoms with Gasteiger partial charge in [0.2, 0.25) is 0 Å². The maximum absolute atomic E-state index is 12.5. The maximum Gasteiger partial charge on any atom is 0.269 e. The van der Waals surface area contributed by atoms with Crippen molar-refractivity contribution in [1.82, 2.24) is 10.9 Å². The molecule has 0 aliphatic carbocycles. The van der Waals surface area contributed by atoms with Gasteiger partial charge in [-0.25, -0.2) is 4.39 Å². The molecule has 6 heteroatoms. The summed E-state index contributed by atoms with van der Waals surface area (Å²) in [5, 5.41) is 0. The van der Waals surface area contributed by atoms with Crippen molar-refractivity contribution in [1.29, 1.82) is 0 Å². The molecule has 0 atom stereocenters. The van der Waals surface area contributed by atoms with Crippen molar-refractivity contribution < 1.29 is 9.18 Å². The van der Waals surface area contributed by atoms with Gasteiger partial charge in [-0.15, -0.1) is 12.6 Å². The van der Waals surface area contributed by atoms with E-state index in [9.17, 15) is 9.18 Å². The molecule has 0 aliphatic rings. The van der Waals surface area contributed by atoms with Gasteiger partial charge in [-0.2, -0.15) is 0 Å². The number of thiocarbonyl (C=S) groups is 1. The standard InChI is InChI=1S/C8H7FN2OS2/c9-6-3-1-5(2-4-6)7(12)10-11-8(13)14/h1-4H,(H,10,12)(H2,11,13,14). The summed E-state index contributed by atoms with van der Waals surface area (Å²) in [7, 11) is 0. The molecule has 3 nitrogen and oxygen atoms in total. The van der Waals surface area contributed by atoms with Crippen molar-refractivity contribution in [2.75, 3.05) is 0 Å². The smallest absolute Gasteiger partial charge is 0.269 e. The number of hydrazine groups is 1. The van der Waals surface area contributed by atoms with E-state index < -0.39 is 5.91 Å². The Labute approximate surface area is 91.1 Å². The summed E-state index contributed by atoms with van der Waals surface area (Å²) in [6, 6.07) is 5.14. The number of thiol groups is 1. The first kappa shape index (κ1) is 10.9. The van der Waals surface area contributed by atoms with Crippen LogP contribution in [0.4, 0.5) is 4.39 Å². The average Bonchev–Trinajstić information content (AvgIpc) is 2.15. The fourth-order valence-electron chi connectivity index (χ4n) is 0.784. The van der Waals surface area contributed by atoms with Crippen LogP contribution in [0.5, 0.6) is 0 Å². The lowest BCUT2D eigenvalue weighted by Gasteiger charge is -2.05. The van der Waals surface area contributed by atoms with E-state index >= 15 is 0 Å². The molecular formula is C8H7FN2OS2. The number of amides is 1. The van der Waals surface area contributed by atoms with Crippen LogP contribution in [0.2, 0.25) is 0 Å². The first-order valence-electron chi connectivity index (χ1n) is 3.64. The molecule has 0 aromatic heterocycles. The lowest BCUT2D eigenvalue weighted by atomic mass is 10.2. The molecule has 0 fully saturated rings. The Bertz CT molecular complexity index is 353. The topological polar surface area (TPSA) is 41.1 Å². The van der Waals surface area contributed by atoms with Gasteiger partial charge in [-0.05, 0) is 24.3 Å². The second-order valence-electron chi connectivity index (χ2n) is 2.39. The van der Waals surface area contributed by atoms with E-state index in [4.69, 9.17) is 0 Å². The highest BCUT2D eigenvalue weighted by Gasteiger charge is 2.03. The van der Waals surface area contributed by atoms with Gasteiger partial charge < -0.3 is 0 Å². The number of nitrogens with one attached hydrogen (secondary N) is 2. The minimum Gasteiger partial charge on any atom is -0.283 e. The first-order chi connectivity index (χ1) is 6.59.